The van der Waals surface area contributed by atoms with Gasteiger partial charge in [-0.15, -0.1) is 0 Å². The SMILES string of the molecule is C/C(=C\C#N)CSC1C2CC3CC(C2)CC1C3. The monoisotopic (exact) mass is 247 g/mol. The van der Waals surface area contributed by atoms with Gasteiger partial charge in [0.2, 0.25) is 0 Å². The minimum atomic E-state index is 0.907. The van der Waals surface area contributed by atoms with Gasteiger partial charge >= 0.3 is 0 Å². The molecule has 4 aliphatic rings. The van der Waals surface area contributed by atoms with E-state index in [-0.39, 0.29) is 0 Å². The van der Waals surface area contributed by atoms with Crippen LogP contribution in [0.2, 0.25) is 0 Å². The van der Waals surface area contributed by atoms with Gasteiger partial charge in [0, 0.05) is 17.1 Å². The van der Waals surface area contributed by atoms with Gasteiger partial charge in [-0.25, -0.2) is 0 Å². The second-order valence-corrected chi connectivity index (χ2v) is 7.49. The molecule has 0 radical (unpaired) electrons. The zero-order valence-corrected chi connectivity index (χ0v) is 11.4. The molecular formula is C15H21NS. The van der Waals surface area contributed by atoms with Crippen molar-refractivity contribution in [2.75, 3.05) is 5.75 Å². The predicted molar refractivity (Wildman–Crippen MR) is 72.7 cm³/mol. The Bertz CT molecular complexity index is 338. The summed E-state index contributed by atoms with van der Waals surface area (Å²) in [6, 6.07) is 2.14. The summed E-state index contributed by atoms with van der Waals surface area (Å²) < 4.78 is 0. The van der Waals surface area contributed by atoms with Crippen molar-refractivity contribution in [3.63, 3.8) is 0 Å². The first-order valence-electron chi connectivity index (χ1n) is 6.93. The Hall–Kier alpha value is -0.420. The van der Waals surface area contributed by atoms with Crippen molar-refractivity contribution >= 4 is 11.8 Å². The van der Waals surface area contributed by atoms with E-state index in [9.17, 15) is 0 Å². The normalized spacial score (nSPS) is 43.8. The molecule has 0 heterocycles. The molecule has 1 nitrogen and oxygen atoms in total. The van der Waals surface area contributed by atoms with Crippen LogP contribution in [0.1, 0.15) is 39.0 Å². The highest BCUT2D eigenvalue weighted by atomic mass is 32.2. The Balaban J connectivity index is 1.61. The van der Waals surface area contributed by atoms with Gasteiger partial charge < -0.3 is 0 Å². The van der Waals surface area contributed by atoms with E-state index < -0.39 is 0 Å². The molecule has 0 N–H and O–H groups in total. The van der Waals surface area contributed by atoms with Crippen LogP contribution in [-0.4, -0.2) is 11.0 Å². The lowest BCUT2D eigenvalue weighted by atomic mass is 9.56. The van der Waals surface area contributed by atoms with E-state index >= 15 is 0 Å². The highest BCUT2D eigenvalue weighted by Gasteiger charge is 2.48. The van der Waals surface area contributed by atoms with Crippen molar-refractivity contribution in [3.8, 4) is 6.07 Å². The van der Waals surface area contributed by atoms with Crippen molar-refractivity contribution in [1.29, 1.82) is 5.26 Å². The van der Waals surface area contributed by atoms with Gasteiger partial charge in [0.05, 0.1) is 6.07 Å². The topological polar surface area (TPSA) is 23.8 Å². The van der Waals surface area contributed by atoms with Gasteiger partial charge in [0.1, 0.15) is 0 Å². The van der Waals surface area contributed by atoms with E-state index in [1.807, 2.05) is 0 Å². The average molecular weight is 247 g/mol. The minimum Gasteiger partial charge on any atom is -0.193 e. The molecule has 0 aliphatic heterocycles. The molecule has 92 valence electrons. The molecule has 17 heavy (non-hydrogen) atoms. The molecule has 0 aromatic heterocycles. The first-order chi connectivity index (χ1) is 8.26. The number of rotatable bonds is 3. The van der Waals surface area contributed by atoms with Crippen LogP contribution in [0, 0.1) is 35.0 Å². The average Bonchev–Trinajstić information content (AvgIpc) is 2.27. The number of allylic oxidation sites excluding steroid dienone is 1. The largest absolute Gasteiger partial charge is 0.193 e. The molecule has 0 atom stereocenters. The molecule has 0 aromatic carbocycles. The fraction of sp³-hybridized carbons (Fsp3) is 0.800. The molecule has 0 unspecified atom stereocenters. The Kier molecular flexibility index (Phi) is 3.21. The van der Waals surface area contributed by atoms with Crippen LogP contribution in [-0.2, 0) is 0 Å². The predicted octanol–water partition coefficient (Wildman–Crippen LogP) is 4.01. The molecule has 0 aromatic rings. The highest BCUT2D eigenvalue weighted by molar-refractivity contribution is 8.00. The number of hydrogen-bond donors (Lipinski definition) is 0. The zero-order chi connectivity index (χ0) is 11.8. The number of thioether (sulfide) groups is 1. The molecule has 4 fully saturated rings. The molecule has 4 saturated carbocycles. The quantitative estimate of drug-likeness (QED) is 0.703. The van der Waals surface area contributed by atoms with Crippen molar-refractivity contribution < 1.29 is 0 Å². The fourth-order valence-electron chi connectivity index (χ4n) is 4.53. The molecule has 0 spiro atoms. The summed E-state index contributed by atoms with van der Waals surface area (Å²) in [5, 5.41) is 9.55. The fourth-order valence-corrected chi connectivity index (χ4v) is 6.05. The second-order valence-electron chi connectivity index (χ2n) is 6.33. The van der Waals surface area contributed by atoms with E-state index in [1.54, 1.807) is 6.08 Å². The standard InChI is InChI=1S/C15H21NS/c1-10(2-3-16)9-17-15-13-5-11-4-12(7-13)8-14(15)6-11/h2,11-15H,4-9H2,1H3/b10-2+. The third-order valence-corrected chi connectivity index (χ3v) is 6.73. The van der Waals surface area contributed by atoms with E-state index in [2.05, 4.69) is 24.8 Å². The van der Waals surface area contributed by atoms with Crippen molar-refractivity contribution in [3.05, 3.63) is 11.6 Å². The Morgan fingerprint density at radius 2 is 1.76 bits per heavy atom. The first kappa shape index (κ1) is 11.7. The van der Waals surface area contributed by atoms with E-state index in [1.165, 1.54) is 37.7 Å². The van der Waals surface area contributed by atoms with Gasteiger partial charge in [-0.1, -0.05) is 5.57 Å². The van der Waals surface area contributed by atoms with Gasteiger partial charge in [-0.3, -0.25) is 0 Å². The molecular weight excluding hydrogens is 226 g/mol. The summed E-state index contributed by atoms with van der Waals surface area (Å²) in [5.74, 6) is 5.23. The summed E-state index contributed by atoms with van der Waals surface area (Å²) >= 11 is 2.14. The van der Waals surface area contributed by atoms with Crippen LogP contribution in [0.25, 0.3) is 0 Å². The van der Waals surface area contributed by atoms with E-state index in [0.717, 1.165) is 34.7 Å². The van der Waals surface area contributed by atoms with Crippen LogP contribution in [0.5, 0.6) is 0 Å². The minimum absolute atomic E-state index is 0.907. The van der Waals surface area contributed by atoms with Crippen LogP contribution in [0.15, 0.2) is 11.6 Å². The number of nitrogens with zero attached hydrogens (tertiary/aromatic N) is 1. The highest BCUT2D eigenvalue weighted by Crippen LogP contribution is 2.57. The van der Waals surface area contributed by atoms with Crippen LogP contribution < -0.4 is 0 Å². The summed E-state index contributed by atoms with van der Waals surface area (Å²) in [6.07, 6.45) is 9.27. The first-order valence-corrected chi connectivity index (χ1v) is 7.98. The van der Waals surface area contributed by atoms with E-state index in [4.69, 9.17) is 5.26 Å². The van der Waals surface area contributed by atoms with Gasteiger partial charge in [0.25, 0.3) is 0 Å². The van der Waals surface area contributed by atoms with Gasteiger partial charge in [-0.2, -0.15) is 17.0 Å². The van der Waals surface area contributed by atoms with Crippen LogP contribution in [0.3, 0.4) is 0 Å². The zero-order valence-electron chi connectivity index (χ0n) is 10.6. The maximum Gasteiger partial charge on any atom is 0.0911 e. The number of hydrogen-bond acceptors (Lipinski definition) is 2. The van der Waals surface area contributed by atoms with Crippen molar-refractivity contribution in [2.45, 2.75) is 44.3 Å². The third kappa shape index (κ3) is 2.27. The summed E-state index contributed by atoms with van der Waals surface area (Å²) in [7, 11) is 0. The van der Waals surface area contributed by atoms with Crippen LogP contribution >= 0.6 is 11.8 Å². The molecule has 4 rings (SSSR count). The third-order valence-electron chi connectivity index (χ3n) is 4.95. The van der Waals surface area contributed by atoms with Crippen molar-refractivity contribution in [2.24, 2.45) is 23.7 Å². The molecule has 4 aliphatic carbocycles. The summed E-state index contributed by atoms with van der Waals surface area (Å²) in [5.41, 5.74) is 1.24. The lowest BCUT2D eigenvalue weighted by Crippen LogP contribution is -2.46. The van der Waals surface area contributed by atoms with Gasteiger partial charge in [0.15, 0.2) is 0 Å². The molecule has 2 heteroatoms. The van der Waals surface area contributed by atoms with Gasteiger partial charge in [-0.05, 0) is 62.7 Å². The maximum absolute atomic E-state index is 8.64. The lowest BCUT2D eigenvalue weighted by molar-refractivity contribution is 0.0268. The number of nitriles is 1. The second kappa shape index (κ2) is 4.69. The van der Waals surface area contributed by atoms with Crippen LogP contribution in [0.4, 0.5) is 0 Å². The molecule has 4 bridgehead atoms. The molecule has 0 saturated heterocycles. The lowest BCUT2D eigenvalue weighted by Gasteiger charge is -2.54. The smallest absolute Gasteiger partial charge is 0.0911 e. The summed E-state index contributed by atoms with van der Waals surface area (Å²) in [4.78, 5) is 0. The molecule has 0 amide bonds. The summed E-state index contributed by atoms with van der Waals surface area (Å²) in [6.45, 7) is 2.09. The Labute approximate surface area is 109 Å². The Morgan fingerprint density at radius 3 is 2.29 bits per heavy atom. The maximum atomic E-state index is 8.64. The Morgan fingerprint density at radius 1 is 1.18 bits per heavy atom. The van der Waals surface area contributed by atoms with E-state index in [0.29, 0.717) is 0 Å². The van der Waals surface area contributed by atoms with Crippen molar-refractivity contribution in [1.82, 2.24) is 0 Å².